The molecule has 4 rings (SSSR count). The molecule has 1 aromatic carbocycles. The third kappa shape index (κ3) is 3.37. The Bertz CT molecular complexity index is 981. The second-order valence-electron chi connectivity index (χ2n) is 6.00. The predicted octanol–water partition coefficient (Wildman–Crippen LogP) is 4.39. The highest BCUT2D eigenvalue weighted by molar-refractivity contribution is 7.08. The Balaban J connectivity index is 1.78. The van der Waals surface area contributed by atoms with Gasteiger partial charge < -0.3 is 0 Å². The maximum absolute atomic E-state index is 13.5. The van der Waals surface area contributed by atoms with Gasteiger partial charge in [0.25, 0.3) is 5.91 Å². The van der Waals surface area contributed by atoms with Crippen molar-refractivity contribution >= 4 is 28.9 Å². The fraction of sp³-hybridized carbons (Fsp3) is 0.100. The Morgan fingerprint density at radius 2 is 1.96 bits per heavy atom. The smallest absolute Gasteiger partial charge is 0.266 e. The van der Waals surface area contributed by atoms with E-state index in [9.17, 15) is 4.79 Å². The van der Waals surface area contributed by atoms with Gasteiger partial charge in [0.2, 0.25) is 5.95 Å². The van der Waals surface area contributed by atoms with Crippen LogP contribution in [0.15, 0.2) is 71.8 Å². The highest BCUT2D eigenvalue weighted by Gasteiger charge is 2.27. The van der Waals surface area contributed by atoms with E-state index in [1.807, 2.05) is 47.2 Å². The molecule has 0 saturated carbocycles. The summed E-state index contributed by atoms with van der Waals surface area (Å²) in [5.41, 5.74) is 3.12. The largest absolute Gasteiger partial charge is 0.284 e. The molecule has 3 aromatic heterocycles. The highest BCUT2D eigenvalue weighted by Crippen LogP contribution is 2.30. The third-order valence-corrected chi connectivity index (χ3v) is 5.06. The van der Waals surface area contributed by atoms with Gasteiger partial charge in [0.05, 0.1) is 5.69 Å². The number of nitrogens with zero attached hydrogens (tertiary/aromatic N) is 4. The van der Waals surface area contributed by atoms with Crippen molar-refractivity contribution < 1.29 is 4.79 Å². The van der Waals surface area contributed by atoms with E-state index in [2.05, 4.69) is 39.2 Å². The lowest BCUT2D eigenvalue weighted by Gasteiger charge is -2.21. The lowest BCUT2D eigenvalue weighted by Crippen LogP contribution is -2.29. The topological polar surface area (TPSA) is 74.8 Å². The molecule has 0 aliphatic heterocycles. The van der Waals surface area contributed by atoms with Gasteiger partial charge in [-0.25, -0.2) is 10.00 Å². The molecule has 0 bridgehead atoms. The molecule has 1 N–H and O–H groups in total. The molecule has 1 amide bonds. The number of H-pyrrole nitrogens is 1. The Morgan fingerprint density at radius 3 is 2.67 bits per heavy atom. The number of anilines is 2. The summed E-state index contributed by atoms with van der Waals surface area (Å²) in [6.45, 7) is 2.08. The maximum Gasteiger partial charge on any atom is 0.284 e. The Hall–Kier alpha value is -3.32. The zero-order chi connectivity index (χ0) is 18.6. The van der Waals surface area contributed by atoms with Crippen LogP contribution in [-0.2, 0) is 0 Å². The zero-order valence-electron chi connectivity index (χ0n) is 14.6. The van der Waals surface area contributed by atoms with E-state index >= 15 is 0 Å². The summed E-state index contributed by atoms with van der Waals surface area (Å²) in [6, 6.07) is 15.8. The minimum Gasteiger partial charge on any atom is -0.266 e. The number of aromatic nitrogens is 4. The summed E-state index contributed by atoms with van der Waals surface area (Å²) >= 11 is 1.51. The van der Waals surface area contributed by atoms with Crippen molar-refractivity contribution in [1.82, 2.24) is 20.2 Å². The normalized spacial score (nSPS) is 11.9. The van der Waals surface area contributed by atoms with Crippen molar-refractivity contribution in [2.75, 3.05) is 4.90 Å². The molecular formula is C20H17N5OS. The van der Waals surface area contributed by atoms with Crippen LogP contribution in [0.4, 0.5) is 11.6 Å². The van der Waals surface area contributed by atoms with E-state index in [1.165, 1.54) is 22.6 Å². The highest BCUT2D eigenvalue weighted by atomic mass is 32.1. The van der Waals surface area contributed by atoms with Crippen LogP contribution in [0.25, 0.3) is 0 Å². The summed E-state index contributed by atoms with van der Waals surface area (Å²) in [6.07, 6.45) is 3.02. The number of pyridine rings is 1. The first-order valence-electron chi connectivity index (χ1n) is 8.47. The molecule has 0 spiro atoms. The Labute approximate surface area is 160 Å². The minimum absolute atomic E-state index is 0.0258. The van der Waals surface area contributed by atoms with E-state index in [0.29, 0.717) is 11.6 Å². The van der Waals surface area contributed by atoms with Crippen molar-refractivity contribution in [3.63, 3.8) is 0 Å². The summed E-state index contributed by atoms with van der Waals surface area (Å²) in [4.78, 5) is 23.6. The second-order valence-corrected chi connectivity index (χ2v) is 6.78. The van der Waals surface area contributed by atoms with Gasteiger partial charge >= 0.3 is 0 Å². The van der Waals surface area contributed by atoms with Crippen molar-refractivity contribution in [1.29, 1.82) is 0 Å². The molecule has 0 radical (unpaired) electrons. The summed E-state index contributed by atoms with van der Waals surface area (Å²) < 4.78 is 0. The van der Waals surface area contributed by atoms with Gasteiger partial charge in [-0.1, -0.05) is 43.3 Å². The Kier molecular flexibility index (Phi) is 4.76. The molecule has 134 valence electrons. The monoisotopic (exact) mass is 375 g/mol. The molecular weight excluding hydrogens is 358 g/mol. The van der Waals surface area contributed by atoms with Gasteiger partial charge in [-0.3, -0.25) is 9.78 Å². The standard InChI is InChI=1S/C20H17N5OS/c1-14(15-6-3-2-4-7-15)17-8-5-10-21-18(17)19(26)25(16-9-11-27-12-16)20-22-13-23-24-20/h2-14H,1H3,(H,22,23,24). The number of nitrogens with one attached hydrogen (secondary N) is 1. The van der Waals surface area contributed by atoms with Gasteiger partial charge in [0.15, 0.2) is 0 Å². The van der Waals surface area contributed by atoms with Gasteiger partial charge in [0, 0.05) is 17.5 Å². The number of amides is 1. The van der Waals surface area contributed by atoms with E-state index in [4.69, 9.17) is 0 Å². The lowest BCUT2D eigenvalue weighted by atomic mass is 9.91. The number of aromatic amines is 1. The molecule has 1 atom stereocenters. The lowest BCUT2D eigenvalue weighted by molar-refractivity contribution is 0.0992. The van der Waals surface area contributed by atoms with Crippen molar-refractivity contribution in [2.24, 2.45) is 0 Å². The molecule has 27 heavy (non-hydrogen) atoms. The maximum atomic E-state index is 13.5. The first kappa shape index (κ1) is 17.1. The van der Waals surface area contributed by atoms with E-state index < -0.39 is 0 Å². The molecule has 1 unspecified atom stereocenters. The average Bonchev–Trinajstić information content (AvgIpc) is 3.43. The summed E-state index contributed by atoms with van der Waals surface area (Å²) in [5, 5.41) is 10.5. The number of carbonyl (C=O) groups excluding carboxylic acids is 1. The van der Waals surface area contributed by atoms with Crippen molar-refractivity contribution in [2.45, 2.75) is 12.8 Å². The second kappa shape index (κ2) is 7.51. The molecule has 0 fully saturated rings. The molecule has 4 aromatic rings. The molecule has 3 heterocycles. The first-order chi connectivity index (χ1) is 13.3. The fourth-order valence-corrected chi connectivity index (χ4v) is 3.62. The van der Waals surface area contributed by atoms with Crippen LogP contribution >= 0.6 is 11.3 Å². The number of hydrogen-bond acceptors (Lipinski definition) is 5. The number of benzene rings is 1. The molecule has 0 aliphatic rings. The quantitative estimate of drug-likeness (QED) is 0.561. The van der Waals surface area contributed by atoms with Crippen LogP contribution in [0.2, 0.25) is 0 Å². The van der Waals surface area contributed by atoms with Gasteiger partial charge in [-0.05, 0) is 28.6 Å². The van der Waals surface area contributed by atoms with Gasteiger partial charge in [0.1, 0.15) is 12.0 Å². The zero-order valence-corrected chi connectivity index (χ0v) is 15.4. The van der Waals surface area contributed by atoms with Crippen LogP contribution in [0.5, 0.6) is 0 Å². The Morgan fingerprint density at radius 1 is 1.11 bits per heavy atom. The first-order valence-corrected chi connectivity index (χ1v) is 9.42. The predicted molar refractivity (Wildman–Crippen MR) is 105 cm³/mol. The number of carbonyl (C=O) groups is 1. The average molecular weight is 375 g/mol. The minimum atomic E-state index is -0.247. The van der Waals surface area contributed by atoms with Crippen LogP contribution in [0.1, 0.15) is 34.5 Å². The molecule has 7 heteroatoms. The number of hydrogen-bond donors (Lipinski definition) is 1. The van der Waals surface area contributed by atoms with Crippen LogP contribution in [0, 0.1) is 0 Å². The molecule has 6 nitrogen and oxygen atoms in total. The van der Waals surface area contributed by atoms with Crippen LogP contribution in [0.3, 0.4) is 0 Å². The SMILES string of the molecule is CC(c1ccccc1)c1cccnc1C(=O)N(c1ccsc1)c1ncn[nH]1. The molecule has 0 saturated heterocycles. The van der Waals surface area contributed by atoms with E-state index in [-0.39, 0.29) is 11.8 Å². The third-order valence-electron chi connectivity index (χ3n) is 4.39. The summed E-state index contributed by atoms with van der Waals surface area (Å²) in [5.74, 6) is 0.142. The fourth-order valence-electron chi connectivity index (χ4n) is 3.00. The van der Waals surface area contributed by atoms with Crippen molar-refractivity contribution in [3.05, 3.63) is 88.6 Å². The van der Waals surface area contributed by atoms with E-state index in [0.717, 1.165) is 16.8 Å². The van der Waals surface area contributed by atoms with Gasteiger partial charge in [-0.15, -0.1) is 0 Å². The molecule has 0 aliphatic carbocycles. The summed E-state index contributed by atoms with van der Waals surface area (Å²) in [7, 11) is 0. The van der Waals surface area contributed by atoms with E-state index in [1.54, 1.807) is 6.20 Å². The number of rotatable bonds is 5. The van der Waals surface area contributed by atoms with Crippen LogP contribution < -0.4 is 4.90 Å². The van der Waals surface area contributed by atoms with Gasteiger partial charge in [-0.2, -0.15) is 21.4 Å². The number of thiophene rings is 1. The van der Waals surface area contributed by atoms with Crippen LogP contribution in [-0.4, -0.2) is 26.1 Å². The van der Waals surface area contributed by atoms with Crippen molar-refractivity contribution in [3.8, 4) is 0 Å².